The summed E-state index contributed by atoms with van der Waals surface area (Å²) in [6.45, 7) is 4.07. The van der Waals surface area contributed by atoms with Crippen molar-refractivity contribution in [2.75, 3.05) is 33.9 Å². The lowest BCUT2D eigenvalue weighted by Gasteiger charge is -2.20. The quantitative estimate of drug-likeness (QED) is 0.421. The Morgan fingerprint density at radius 3 is 2.49 bits per heavy atom. The molecule has 0 bridgehead atoms. The Labute approximate surface area is 204 Å². The van der Waals surface area contributed by atoms with Gasteiger partial charge in [-0.15, -0.1) is 0 Å². The van der Waals surface area contributed by atoms with Gasteiger partial charge < -0.3 is 19.8 Å². The summed E-state index contributed by atoms with van der Waals surface area (Å²) in [4.78, 5) is 17.0. The number of carbonyl (C=O) groups excluding carboxylic acids is 1. The van der Waals surface area contributed by atoms with Crippen molar-refractivity contribution in [2.24, 2.45) is 5.73 Å². The zero-order chi connectivity index (χ0) is 25.8. The van der Waals surface area contributed by atoms with Gasteiger partial charge in [0, 0.05) is 30.8 Å². The number of ether oxygens (including phenoxy) is 2. The maximum atomic E-state index is 14.2. The average molecular weight is 505 g/mol. The summed E-state index contributed by atoms with van der Waals surface area (Å²) in [6.07, 6.45) is 2.70. The van der Waals surface area contributed by atoms with Gasteiger partial charge in [0.1, 0.15) is 11.6 Å². The highest BCUT2D eigenvalue weighted by atomic mass is 32.2. The van der Waals surface area contributed by atoms with E-state index in [9.17, 15) is 17.6 Å². The Bertz CT molecular complexity index is 1360. The topological polar surface area (TPSA) is 117 Å². The average Bonchev–Trinajstić information content (AvgIpc) is 3.25. The van der Waals surface area contributed by atoms with E-state index in [1.54, 1.807) is 32.0 Å². The van der Waals surface area contributed by atoms with Crippen LogP contribution in [0.1, 0.15) is 24.2 Å². The number of methoxy groups -OCH3 is 2. The van der Waals surface area contributed by atoms with Crippen molar-refractivity contribution in [1.29, 1.82) is 0 Å². The molecule has 0 fully saturated rings. The summed E-state index contributed by atoms with van der Waals surface area (Å²) in [6, 6.07) is 7.64. The van der Waals surface area contributed by atoms with Gasteiger partial charge in [-0.05, 0) is 36.4 Å². The fourth-order valence-electron chi connectivity index (χ4n) is 3.86. The molecule has 2 aromatic carbocycles. The number of carbonyl (C=O) groups is 1. The zero-order valence-corrected chi connectivity index (χ0v) is 20.9. The molecular weight excluding hydrogens is 475 g/mol. The molecule has 0 aliphatic rings. The molecule has 0 aliphatic heterocycles. The lowest BCUT2D eigenvalue weighted by atomic mass is 10.00. The summed E-state index contributed by atoms with van der Waals surface area (Å²) in [5.74, 6) is -0.679. The lowest BCUT2D eigenvalue weighted by molar-refractivity contribution is 0.0601. The van der Waals surface area contributed by atoms with E-state index in [4.69, 9.17) is 15.2 Å². The molecule has 2 N–H and O–H groups in total. The van der Waals surface area contributed by atoms with Crippen LogP contribution in [-0.2, 0) is 21.3 Å². The van der Waals surface area contributed by atoms with E-state index in [-0.39, 0.29) is 23.5 Å². The molecule has 35 heavy (non-hydrogen) atoms. The molecule has 0 spiro atoms. The summed E-state index contributed by atoms with van der Waals surface area (Å²) in [7, 11) is -1.05. The van der Waals surface area contributed by atoms with Crippen LogP contribution < -0.4 is 10.5 Å². The fraction of sp³-hybridized carbons (Fsp3) is 0.333. The zero-order valence-electron chi connectivity index (χ0n) is 20.1. The second-order valence-electron chi connectivity index (χ2n) is 7.59. The Hall–Kier alpha value is -3.28. The highest BCUT2D eigenvalue weighted by Crippen LogP contribution is 2.38. The van der Waals surface area contributed by atoms with Crippen molar-refractivity contribution in [1.82, 2.24) is 13.9 Å². The molecule has 0 saturated carbocycles. The molecule has 0 saturated heterocycles. The molecule has 11 heteroatoms. The molecule has 0 atom stereocenters. The molecule has 0 unspecified atom stereocenters. The maximum Gasteiger partial charge on any atom is 0.337 e. The summed E-state index contributed by atoms with van der Waals surface area (Å²) in [5, 5.41) is 0. The molecule has 188 valence electrons. The van der Waals surface area contributed by atoms with E-state index in [1.807, 2.05) is 0 Å². The first-order valence-electron chi connectivity index (χ1n) is 11.0. The molecule has 0 amide bonds. The Kier molecular flexibility index (Phi) is 8.26. The predicted octanol–water partition coefficient (Wildman–Crippen LogP) is 3.34. The highest BCUT2D eigenvalue weighted by Gasteiger charge is 2.25. The molecule has 9 nitrogen and oxygen atoms in total. The van der Waals surface area contributed by atoms with Crippen LogP contribution in [-0.4, -0.2) is 62.1 Å². The van der Waals surface area contributed by atoms with E-state index < -0.39 is 21.8 Å². The van der Waals surface area contributed by atoms with Crippen molar-refractivity contribution < 1.29 is 27.1 Å². The molecule has 0 aliphatic carbocycles. The van der Waals surface area contributed by atoms with Gasteiger partial charge in [-0.25, -0.2) is 22.6 Å². The number of imidazole rings is 1. The van der Waals surface area contributed by atoms with Crippen LogP contribution in [0, 0.1) is 0 Å². The number of hydrogen-bond acceptors (Lipinski definition) is 7. The third-order valence-corrected chi connectivity index (χ3v) is 7.66. The number of fused-ring (bicyclic) bond motifs is 1. The number of nitrogens with zero attached hydrogens (tertiary/aromatic N) is 3. The monoisotopic (exact) mass is 504 g/mol. The predicted molar refractivity (Wildman–Crippen MR) is 131 cm³/mol. The first-order valence-corrected chi connectivity index (χ1v) is 12.5. The van der Waals surface area contributed by atoms with Gasteiger partial charge in [0.2, 0.25) is 10.0 Å². The second kappa shape index (κ2) is 11.0. The summed E-state index contributed by atoms with van der Waals surface area (Å²) < 4.78 is 53.9. The largest absolute Gasteiger partial charge is 0.496 e. The van der Waals surface area contributed by atoms with E-state index in [0.717, 1.165) is 0 Å². The number of aromatic nitrogens is 2. The summed E-state index contributed by atoms with van der Waals surface area (Å²) in [5.41, 5.74) is 7.36. The Morgan fingerprint density at radius 2 is 1.89 bits per heavy atom. The minimum Gasteiger partial charge on any atom is -0.496 e. The first-order chi connectivity index (χ1) is 16.7. The van der Waals surface area contributed by atoms with E-state index in [0.29, 0.717) is 41.0 Å². The number of allylic oxidation sites excluding steroid dienone is 1. The van der Waals surface area contributed by atoms with Crippen molar-refractivity contribution in [3.63, 3.8) is 0 Å². The van der Waals surface area contributed by atoms with Gasteiger partial charge in [-0.3, -0.25) is 0 Å². The SMILES string of the molecule is CCN(CC)S(=O)(=O)c1ccc(OC)c(-c2cc(C(=O)OC)cc3c2ncn3C/C(F)=C/CN)c1. The third-order valence-electron chi connectivity index (χ3n) is 5.61. The first kappa shape index (κ1) is 26.3. The van der Waals surface area contributed by atoms with Crippen LogP contribution in [0.5, 0.6) is 5.75 Å². The minimum absolute atomic E-state index is 0.0438. The number of esters is 1. The number of benzene rings is 2. The van der Waals surface area contributed by atoms with Crippen molar-refractivity contribution >= 4 is 27.0 Å². The van der Waals surface area contributed by atoms with E-state index in [1.165, 1.54) is 47.6 Å². The molecular formula is C24H29FN4O5S. The maximum absolute atomic E-state index is 14.2. The minimum atomic E-state index is -3.77. The van der Waals surface area contributed by atoms with Crippen LogP contribution in [0.4, 0.5) is 4.39 Å². The second-order valence-corrected chi connectivity index (χ2v) is 9.53. The standard InChI is InChI=1S/C24H29FN4O5S/c1-5-29(6-2)35(31,32)18-7-8-22(33-3)19(13-18)20-11-16(24(30)34-4)12-21-23(20)27-15-28(21)14-17(25)9-10-26/h7-9,11-13,15H,5-6,10,14,26H2,1-4H3/b17-9-. The van der Waals surface area contributed by atoms with Crippen molar-refractivity contribution in [3.05, 3.63) is 54.1 Å². The smallest absolute Gasteiger partial charge is 0.337 e. The van der Waals surface area contributed by atoms with Crippen LogP contribution in [0.3, 0.4) is 0 Å². The Balaban J connectivity index is 2.31. The lowest BCUT2D eigenvalue weighted by Crippen LogP contribution is -2.30. The number of rotatable bonds is 10. The number of hydrogen-bond donors (Lipinski definition) is 1. The van der Waals surface area contributed by atoms with E-state index in [2.05, 4.69) is 4.98 Å². The van der Waals surface area contributed by atoms with Gasteiger partial charge in [0.15, 0.2) is 0 Å². The van der Waals surface area contributed by atoms with E-state index >= 15 is 0 Å². The van der Waals surface area contributed by atoms with Crippen LogP contribution >= 0.6 is 0 Å². The van der Waals surface area contributed by atoms with Crippen LogP contribution in [0.2, 0.25) is 0 Å². The number of nitrogens with two attached hydrogens (primary N) is 1. The normalized spacial score (nSPS) is 12.4. The molecule has 1 aromatic heterocycles. The molecule has 0 radical (unpaired) electrons. The van der Waals surface area contributed by atoms with Gasteiger partial charge >= 0.3 is 5.97 Å². The molecule has 3 aromatic rings. The van der Waals surface area contributed by atoms with Gasteiger partial charge in [-0.1, -0.05) is 13.8 Å². The van der Waals surface area contributed by atoms with Gasteiger partial charge in [0.05, 0.1) is 48.6 Å². The molecule has 3 rings (SSSR count). The third kappa shape index (κ3) is 5.21. The van der Waals surface area contributed by atoms with Gasteiger partial charge in [0.25, 0.3) is 0 Å². The van der Waals surface area contributed by atoms with Gasteiger partial charge in [-0.2, -0.15) is 4.31 Å². The Morgan fingerprint density at radius 1 is 1.17 bits per heavy atom. The number of halogens is 1. The van der Waals surface area contributed by atoms with Crippen LogP contribution in [0.15, 0.2) is 53.5 Å². The van der Waals surface area contributed by atoms with Crippen molar-refractivity contribution in [3.8, 4) is 16.9 Å². The summed E-state index contributed by atoms with van der Waals surface area (Å²) >= 11 is 0. The van der Waals surface area contributed by atoms with Crippen molar-refractivity contribution in [2.45, 2.75) is 25.3 Å². The molecule has 1 heterocycles. The number of sulfonamides is 1. The highest BCUT2D eigenvalue weighted by molar-refractivity contribution is 7.89. The van der Waals surface area contributed by atoms with Crippen LogP contribution in [0.25, 0.3) is 22.2 Å². The fourth-order valence-corrected chi connectivity index (χ4v) is 5.34.